The summed E-state index contributed by atoms with van der Waals surface area (Å²) in [4.78, 5) is 5.36. The molecule has 0 N–H and O–H groups in total. The van der Waals surface area contributed by atoms with E-state index in [1.165, 1.54) is 49.6 Å². The Hall–Kier alpha value is -8.79. The maximum absolute atomic E-state index is 5.36. The molecule has 2 heterocycles. The lowest BCUT2D eigenvalue weighted by Gasteiger charge is -2.23. The van der Waals surface area contributed by atoms with Crippen LogP contribution in [0.5, 0.6) is 0 Å². The van der Waals surface area contributed by atoms with Crippen LogP contribution in [0.1, 0.15) is 5.56 Å². The molecule has 0 spiro atoms. The lowest BCUT2D eigenvalue weighted by Crippen LogP contribution is -2.06. The summed E-state index contributed by atoms with van der Waals surface area (Å²) >= 11 is 0. The van der Waals surface area contributed by atoms with Gasteiger partial charge in [-0.05, 0) is 112 Å². The number of imidazole rings is 1. The Morgan fingerprint density at radius 1 is 0.313 bits per heavy atom. The third-order valence-electron chi connectivity index (χ3n) is 13.1. The molecule has 0 aliphatic heterocycles. The van der Waals surface area contributed by atoms with E-state index in [-0.39, 0.29) is 0 Å². The minimum atomic E-state index is 0.873. The van der Waals surface area contributed by atoms with E-state index in [0.717, 1.165) is 67.4 Å². The van der Waals surface area contributed by atoms with Crippen molar-refractivity contribution in [3.05, 3.63) is 260 Å². The fourth-order valence-electron chi connectivity index (χ4n) is 9.89. The van der Waals surface area contributed by atoms with Crippen molar-refractivity contribution in [2.45, 2.75) is 6.92 Å². The second-order valence-corrected chi connectivity index (χ2v) is 17.2. The number of benzene rings is 10. The normalized spacial score (nSPS) is 11.4. The maximum atomic E-state index is 5.36. The first-order valence-electron chi connectivity index (χ1n) is 22.9. The lowest BCUT2D eigenvalue weighted by molar-refractivity contribution is 1.07. The van der Waals surface area contributed by atoms with Gasteiger partial charge in [0.2, 0.25) is 0 Å². The van der Waals surface area contributed by atoms with Gasteiger partial charge < -0.3 is 4.57 Å². The van der Waals surface area contributed by atoms with E-state index in [1.54, 1.807) is 0 Å². The van der Waals surface area contributed by atoms with Crippen LogP contribution in [0, 0.1) is 6.92 Å². The molecular weight excluding hydrogens is 811 g/mol. The topological polar surface area (TPSA) is 22.8 Å². The van der Waals surface area contributed by atoms with Crippen LogP contribution in [0.2, 0.25) is 0 Å². The zero-order chi connectivity index (χ0) is 44.7. The summed E-state index contributed by atoms with van der Waals surface area (Å²) < 4.78 is 4.85. The Bertz CT molecular complexity index is 3550. The van der Waals surface area contributed by atoms with Crippen LogP contribution in [0.4, 0.5) is 0 Å². The van der Waals surface area contributed by atoms with E-state index in [9.17, 15) is 0 Å². The number of fused-ring (bicyclic) bond motifs is 3. The summed E-state index contributed by atoms with van der Waals surface area (Å²) in [5, 5.41) is 2.45. The van der Waals surface area contributed by atoms with Crippen LogP contribution in [-0.4, -0.2) is 14.1 Å². The molecule has 0 saturated heterocycles. The van der Waals surface area contributed by atoms with Gasteiger partial charge in [0.1, 0.15) is 5.82 Å². The highest BCUT2D eigenvalue weighted by molar-refractivity contribution is 6.12. The number of hydrogen-bond donors (Lipinski definition) is 0. The number of hydrogen-bond acceptors (Lipinski definition) is 1. The van der Waals surface area contributed by atoms with Crippen molar-refractivity contribution in [2.75, 3.05) is 0 Å². The Morgan fingerprint density at radius 3 is 1.16 bits per heavy atom. The van der Waals surface area contributed by atoms with Crippen LogP contribution in [-0.2, 0) is 0 Å². The first-order valence-corrected chi connectivity index (χ1v) is 22.9. The zero-order valence-corrected chi connectivity index (χ0v) is 37.1. The van der Waals surface area contributed by atoms with Gasteiger partial charge in [0.25, 0.3) is 0 Å². The highest BCUT2D eigenvalue weighted by Crippen LogP contribution is 2.45. The molecule has 0 aliphatic carbocycles. The van der Waals surface area contributed by atoms with E-state index in [0.29, 0.717) is 0 Å². The number of rotatable bonds is 9. The molecule has 0 radical (unpaired) electrons. The highest BCUT2D eigenvalue weighted by Gasteiger charge is 2.25. The average molecular weight is 856 g/mol. The fraction of sp³-hybridized carbons (Fsp3) is 0.0156. The quantitative estimate of drug-likeness (QED) is 0.142. The van der Waals surface area contributed by atoms with Gasteiger partial charge in [-0.1, -0.05) is 194 Å². The van der Waals surface area contributed by atoms with E-state index >= 15 is 0 Å². The van der Waals surface area contributed by atoms with Crippen molar-refractivity contribution in [3.8, 4) is 89.7 Å². The zero-order valence-electron chi connectivity index (χ0n) is 37.1. The van der Waals surface area contributed by atoms with Gasteiger partial charge in [-0.15, -0.1) is 0 Å². The summed E-state index contributed by atoms with van der Waals surface area (Å²) in [6, 6.07) is 89.7. The van der Waals surface area contributed by atoms with Gasteiger partial charge in [0.15, 0.2) is 0 Å². The van der Waals surface area contributed by atoms with E-state index in [4.69, 9.17) is 4.98 Å². The van der Waals surface area contributed by atoms with E-state index in [1.807, 2.05) is 6.20 Å². The monoisotopic (exact) mass is 855 g/mol. The fourth-order valence-corrected chi connectivity index (χ4v) is 9.89. The molecule has 67 heavy (non-hydrogen) atoms. The largest absolute Gasteiger partial charge is 0.309 e. The molecule has 3 heteroatoms. The smallest absolute Gasteiger partial charge is 0.145 e. The van der Waals surface area contributed by atoms with Crippen LogP contribution in [0.3, 0.4) is 0 Å². The van der Waals surface area contributed by atoms with Crippen LogP contribution >= 0.6 is 0 Å². The summed E-state index contributed by atoms with van der Waals surface area (Å²) in [5.41, 5.74) is 20.5. The Labute approximate surface area is 391 Å². The number of aromatic nitrogens is 3. The van der Waals surface area contributed by atoms with Crippen molar-refractivity contribution < 1.29 is 0 Å². The second kappa shape index (κ2) is 17.0. The molecule has 0 amide bonds. The van der Waals surface area contributed by atoms with Crippen LogP contribution in [0.15, 0.2) is 255 Å². The molecule has 0 fully saturated rings. The van der Waals surface area contributed by atoms with Crippen LogP contribution < -0.4 is 0 Å². The molecular formula is C64H45N3. The first kappa shape index (κ1) is 39.8. The van der Waals surface area contributed by atoms with Crippen molar-refractivity contribution in [2.24, 2.45) is 0 Å². The van der Waals surface area contributed by atoms with Gasteiger partial charge >= 0.3 is 0 Å². The van der Waals surface area contributed by atoms with Gasteiger partial charge in [-0.3, -0.25) is 4.57 Å². The molecule has 10 aromatic carbocycles. The lowest BCUT2D eigenvalue weighted by atomic mass is 9.90. The molecule has 2 aromatic heterocycles. The van der Waals surface area contributed by atoms with Crippen molar-refractivity contribution in [1.82, 2.24) is 14.1 Å². The van der Waals surface area contributed by atoms with Crippen molar-refractivity contribution in [1.29, 1.82) is 0 Å². The van der Waals surface area contributed by atoms with Crippen LogP contribution in [0.25, 0.3) is 111 Å². The third-order valence-corrected chi connectivity index (χ3v) is 13.1. The molecule has 3 nitrogen and oxygen atoms in total. The summed E-state index contributed by atoms with van der Waals surface area (Å²) in [6.07, 6.45) is 2.05. The van der Waals surface area contributed by atoms with Gasteiger partial charge in [0.05, 0.1) is 28.6 Å². The SMILES string of the molecule is Cc1cc(-c2ncc(-c3ccccc3)n2-c2c(-c3ccccc3)cc(-c3ccccc3)cc2-c2ccccc2)ccc1-n1c2ccc(-c3ccccc3)cc2c2cc(-c3ccccc3)ccc21. The predicted octanol–water partition coefficient (Wildman–Crippen LogP) is 16.9. The van der Waals surface area contributed by atoms with Crippen molar-refractivity contribution >= 4 is 21.8 Å². The Kier molecular flexibility index (Phi) is 10.1. The summed E-state index contributed by atoms with van der Waals surface area (Å²) in [5.74, 6) is 0.873. The average Bonchev–Trinajstić information content (AvgIpc) is 3.99. The standard InChI is InChI=1S/C64H45N3/c1-44-38-53(34-35-59(44)66-60-36-32-51(45-20-8-2-9-21-45)39-57(60)58-40-52(33-37-61(58)66)46-22-10-3-11-23-46)64-65-43-62(50-30-18-7-19-31-50)67(64)63-55(48-26-14-5-15-27-48)41-54(47-24-12-4-13-25-47)42-56(63)49-28-16-6-17-29-49/h2-43H,1H3. The van der Waals surface area contributed by atoms with Gasteiger partial charge in [-0.25, -0.2) is 4.98 Å². The predicted molar refractivity (Wildman–Crippen MR) is 281 cm³/mol. The molecule has 12 aromatic rings. The molecule has 0 aliphatic rings. The highest BCUT2D eigenvalue weighted by atomic mass is 15.1. The number of nitrogens with zero attached hydrogens (tertiary/aromatic N) is 3. The van der Waals surface area contributed by atoms with E-state index in [2.05, 4.69) is 265 Å². The van der Waals surface area contributed by atoms with Gasteiger partial charge in [-0.2, -0.15) is 0 Å². The van der Waals surface area contributed by atoms with E-state index < -0.39 is 0 Å². The molecule has 0 bridgehead atoms. The molecule has 12 rings (SSSR count). The maximum Gasteiger partial charge on any atom is 0.145 e. The summed E-state index contributed by atoms with van der Waals surface area (Å²) in [6.45, 7) is 2.23. The minimum Gasteiger partial charge on any atom is -0.309 e. The number of aryl methyl sites for hydroxylation is 1. The van der Waals surface area contributed by atoms with Gasteiger partial charge in [0, 0.05) is 38.7 Å². The first-order chi connectivity index (χ1) is 33.2. The molecule has 0 unspecified atom stereocenters. The van der Waals surface area contributed by atoms with Crippen molar-refractivity contribution in [3.63, 3.8) is 0 Å². The second-order valence-electron chi connectivity index (χ2n) is 17.2. The molecule has 0 saturated carbocycles. The Balaban J connectivity index is 1.09. The third kappa shape index (κ3) is 7.24. The Morgan fingerprint density at radius 2 is 0.716 bits per heavy atom. The molecule has 0 atom stereocenters. The molecule has 316 valence electrons. The summed E-state index contributed by atoms with van der Waals surface area (Å²) in [7, 11) is 0. The minimum absolute atomic E-state index is 0.873.